The molecule has 7 heteroatoms. The van der Waals surface area contributed by atoms with Crippen LogP contribution < -0.4 is 5.32 Å². The molecule has 1 fully saturated rings. The molecule has 1 aromatic rings. The number of benzene rings is 1. The van der Waals surface area contributed by atoms with Gasteiger partial charge in [0.1, 0.15) is 5.25 Å². The quantitative estimate of drug-likeness (QED) is 0.875. The maximum Gasteiger partial charge on any atom is 0.242 e. The van der Waals surface area contributed by atoms with E-state index in [4.69, 9.17) is 11.6 Å². The lowest BCUT2D eigenvalue weighted by Crippen LogP contribution is -2.39. The van der Waals surface area contributed by atoms with E-state index in [0.29, 0.717) is 23.6 Å². The van der Waals surface area contributed by atoms with E-state index in [1.165, 1.54) is 0 Å². The number of hydrogen-bond acceptors (Lipinski definition) is 3. The number of hydrogen-bond donors (Lipinski definition) is 1. The Morgan fingerprint density at radius 3 is 2.79 bits per heavy atom. The topological polar surface area (TPSA) is 63.2 Å². The number of carbonyl (C=O) groups excluding carboxylic acids is 1. The molecule has 0 spiro atoms. The Hall–Kier alpha value is -0.590. The standard InChI is InChI=1S/C12H13BrClNO3S/c13-8-4-5-9(14)10(7-8)15-12(16)11-3-1-2-6-19(11,17)18/h4-5,7,11H,1-3,6H2,(H,15,16). The summed E-state index contributed by atoms with van der Waals surface area (Å²) in [4.78, 5) is 12.1. The first kappa shape index (κ1) is 14.8. The highest BCUT2D eigenvalue weighted by Gasteiger charge is 2.34. The minimum Gasteiger partial charge on any atom is -0.324 e. The molecule has 0 saturated carbocycles. The Morgan fingerprint density at radius 2 is 2.11 bits per heavy atom. The van der Waals surface area contributed by atoms with Crippen LogP contribution in [0, 0.1) is 0 Å². The molecule has 1 heterocycles. The predicted molar refractivity (Wildman–Crippen MR) is 79.2 cm³/mol. The van der Waals surface area contributed by atoms with E-state index < -0.39 is 21.0 Å². The molecule has 1 aliphatic heterocycles. The van der Waals surface area contributed by atoms with Crippen LogP contribution in [-0.4, -0.2) is 25.3 Å². The molecular formula is C12H13BrClNO3S. The molecule has 2 rings (SSSR count). The van der Waals surface area contributed by atoms with Gasteiger partial charge in [0.15, 0.2) is 9.84 Å². The van der Waals surface area contributed by atoms with Crippen LogP contribution >= 0.6 is 27.5 Å². The summed E-state index contributed by atoms with van der Waals surface area (Å²) in [5.74, 6) is -0.420. The largest absolute Gasteiger partial charge is 0.324 e. The fourth-order valence-corrected chi connectivity index (χ4v) is 4.38. The molecule has 0 aliphatic carbocycles. The highest BCUT2D eigenvalue weighted by molar-refractivity contribution is 9.10. The van der Waals surface area contributed by atoms with E-state index in [1.807, 2.05) is 0 Å². The van der Waals surface area contributed by atoms with Crippen LogP contribution in [0.3, 0.4) is 0 Å². The third-order valence-electron chi connectivity index (χ3n) is 3.06. The van der Waals surface area contributed by atoms with Crippen LogP contribution in [0.4, 0.5) is 5.69 Å². The monoisotopic (exact) mass is 365 g/mol. The maximum absolute atomic E-state index is 12.1. The summed E-state index contributed by atoms with van der Waals surface area (Å²) in [6, 6.07) is 5.03. The number of carbonyl (C=O) groups is 1. The van der Waals surface area contributed by atoms with Gasteiger partial charge in [-0.1, -0.05) is 34.0 Å². The highest BCUT2D eigenvalue weighted by Crippen LogP contribution is 2.27. The molecule has 4 nitrogen and oxygen atoms in total. The van der Waals surface area contributed by atoms with Gasteiger partial charge in [0.25, 0.3) is 0 Å². The molecule has 0 aromatic heterocycles. The van der Waals surface area contributed by atoms with Gasteiger partial charge in [-0.15, -0.1) is 0 Å². The van der Waals surface area contributed by atoms with Gasteiger partial charge < -0.3 is 5.32 Å². The average molecular weight is 367 g/mol. The van der Waals surface area contributed by atoms with E-state index in [-0.39, 0.29) is 5.75 Å². The van der Waals surface area contributed by atoms with Gasteiger partial charge in [-0.25, -0.2) is 8.42 Å². The van der Waals surface area contributed by atoms with Crippen LogP contribution in [0.2, 0.25) is 5.02 Å². The second-order valence-electron chi connectivity index (χ2n) is 4.46. The van der Waals surface area contributed by atoms with Gasteiger partial charge in [0, 0.05) is 4.47 Å². The first-order valence-electron chi connectivity index (χ1n) is 5.87. The van der Waals surface area contributed by atoms with E-state index in [1.54, 1.807) is 18.2 Å². The molecule has 19 heavy (non-hydrogen) atoms. The maximum atomic E-state index is 12.1. The summed E-state index contributed by atoms with van der Waals surface area (Å²) in [5.41, 5.74) is 0.418. The lowest BCUT2D eigenvalue weighted by molar-refractivity contribution is -0.116. The van der Waals surface area contributed by atoms with Crippen molar-refractivity contribution in [2.75, 3.05) is 11.1 Å². The third-order valence-corrected chi connectivity index (χ3v) is 6.05. The van der Waals surface area contributed by atoms with Crippen LogP contribution in [0.15, 0.2) is 22.7 Å². The number of anilines is 1. The van der Waals surface area contributed by atoms with E-state index in [0.717, 1.165) is 10.9 Å². The van der Waals surface area contributed by atoms with Crippen molar-refractivity contribution in [3.63, 3.8) is 0 Å². The second kappa shape index (κ2) is 5.81. The molecule has 1 amide bonds. The molecule has 1 atom stereocenters. The lowest BCUT2D eigenvalue weighted by Gasteiger charge is -2.21. The van der Waals surface area contributed by atoms with Gasteiger partial charge in [-0.3, -0.25) is 4.79 Å². The van der Waals surface area contributed by atoms with Gasteiger partial charge >= 0.3 is 0 Å². The van der Waals surface area contributed by atoms with Crippen molar-refractivity contribution in [3.05, 3.63) is 27.7 Å². The molecule has 0 radical (unpaired) electrons. The van der Waals surface area contributed by atoms with Gasteiger partial charge in [-0.05, 0) is 31.0 Å². The van der Waals surface area contributed by atoms with Crippen molar-refractivity contribution in [2.24, 2.45) is 0 Å². The molecular weight excluding hydrogens is 354 g/mol. The Kier molecular flexibility index (Phi) is 4.53. The number of sulfone groups is 1. The van der Waals surface area contributed by atoms with Crippen molar-refractivity contribution in [1.82, 2.24) is 0 Å². The smallest absolute Gasteiger partial charge is 0.242 e. The zero-order valence-corrected chi connectivity index (χ0v) is 13.2. The van der Waals surface area contributed by atoms with Crippen LogP contribution in [-0.2, 0) is 14.6 Å². The molecule has 104 valence electrons. The minimum atomic E-state index is -3.33. The fourth-order valence-electron chi connectivity index (χ4n) is 2.06. The predicted octanol–water partition coefficient (Wildman–Crippen LogP) is 3.01. The van der Waals surface area contributed by atoms with Crippen molar-refractivity contribution < 1.29 is 13.2 Å². The zero-order valence-electron chi connectivity index (χ0n) is 10.0. The van der Waals surface area contributed by atoms with E-state index in [2.05, 4.69) is 21.2 Å². The van der Waals surface area contributed by atoms with Crippen molar-refractivity contribution in [2.45, 2.75) is 24.5 Å². The van der Waals surface area contributed by atoms with E-state index in [9.17, 15) is 13.2 Å². The first-order valence-corrected chi connectivity index (χ1v) is 8.76. The van der Waals surface area contributed by atoms with Gasteiger partial charge in [0.2, 0.25) is 5.91 Å². The average Bonchev–Trinajstić information content (AvgIpc) is 2.33. The second-order valence-corrected chi connectivity index (χ2v) is 8.09. The number of amides is 1. The summed E-state index contributed by atoms with van der Waals surface area (Å²) in [6.07, 6.45) is 1.76. The summed E-state index contributed by atoms with van der Waals surface area (Å²) in [5, 5.41) is 2.01. The molecule has 1 aromatic carbocycles. The van der Waals surface area contributed by atoms with Gasteiger partial charge in [-0.2, -0.15) is 0 Å². The SMILES string of the molecule is O=C(Nc1cc(Br)ccc1Cl)C1CCCCS1(=O)=O. The van der Waals surface area contributed by atoms with Crippen molar-refractivity contribution in [3.8, 4) is 0 Å². The summed E-state index contributed by atoms with van der Waals surface area (Å²) >= 11 is 9.24. The number of nitrogens with one attached hydrogen (secondary N) is 1. The summed E-state index contributed by atoms with van der Waals surface area (Å²) < 4.78 is 24.5. The van der Waals surface area contributed by atoms with Crippen LogP contribution in [0.1, 0.15) is 19.3 Å². The summed E-state index contributed by atoms with van der Waals surface area (Å²) in [6.45, 7) is 0. The molecule has 1 unspecified atom stereocenters. The Labute approximate surface area is 125 Å². The molecule has 1 saturated heterocycles. The van der Waals surface area contributed by atoms with Crippen LogP contribution in [0.5, 0.6) is 0 Å². The number of halogens is 2. The Balaban J connectivity index is 2.19. The number of rotatable bonds is 2. The molecule has 0 bridgehead atoms. The first-order chi connectivity index (χ1) is 8.90. The van der Waals surface area contributed by atoms with Crippen LogP contribution in [0.25, 0.3) is 0 Å². The minimum absolute atomic E-state index is 0.0807. The molecule has 1 N–H and O–H groups in total. The fraction of sp³-hybridized carbons (Fsp3) is 0.417. The van der Waals surface area contributed by atoms with Crippen molar-refractivity contribution in [1.29, 1.82) is 0 Å². The van der Waals surface area contributed by atoms with Gasteiger partial charge in [0.05, 0.1) is 16.5 Å². The lowest BCUT2D eigenvalue weighted by atomic mass is 10.2. The highest BCUT2D eigenvalue weighted by atomic mass is 79.9. The third kappa shape index (κ3) is 3.49. The summed E-state index contributed by atoms with van der Waals surface area (Å²) in [7, 11) is -3.33. The van der Waals surface area contributed by atoms with Crippen molar-refractivity contribution >= 4 is 49.0 Å². The zero-order chi connectivity index (χ0) is 14.0. The Morgan fingerprint density at radius 1 is 1.37 bits per heavy atom. The normalized spacial score (nSPS) is 21.9. The Bertz CT molecular complexity index is 603. The molecule has 1 aliphatic rings. The van der Waals surface area contributed by atoms with E-state index >= 15 is 0 Å².